The van der Waals surface area contributed by atoms with Crippen molar-refractivity contribution in [1.82, 2.24) is 0 Å². The summed E-state index contributed by atoms with van der Waals surface area (Å²) in [5, 5.41) is 7.94. The molecule has 2 aromatic carbocycles. The van der Waals surface area contributed by atoms with Crippen LogP contribution in [-0.4, -0.2) is 0 Å². The van der Waals surface area contributed by atoms with Crippen LogP contribution >= 0.6 is 11.6 Å². The highest BCUT2D eigenvalue weighted by atomic mass is 35.5. The lowest BCUT2D eigenvalue weighted by atomic mass is 10.3. The van der Waals surface area contributed by atoms with Gasteiger partial charge in [0.25, 0.3) is 0 Å². The summed E-state index contributed by atoms with van der Waals surface area (Å²) in [5.41, 5.74) is 7.36. The van der Waals surface area contributed by atoms with Crippen molar-refractivity contribution in [3.8, 4) is 0 Å². The molecule has 5 heteroatoms. The Bertz CT molecular complexity index is 552. The Morgan fingerprint density at radius 1 is 0.941 bits per heavy atom. The molecule has 0 atom stereocenters. The maximum Gasteiger partial charge on any atom is 0.141 e. The van der Waals surface area contributed by atoms with Crippen molar-refractivity contribution < 1.29 is 4.39 Å². The number of azo groups is 1. The van der Waals surface area contributed by atoms with Gasteiger partial charge in [-0.2, -0.15) is 10.2 Å². The number of hydrogen-bond donors (Lipinski definition) is 1. The quantitative estimate of drug-likeness (QED) is 0.619. The highest BCUT2D eigenvalue weighted by molar-refractivity contribution is 6.30. The fourth-order valence-electron chi connectivity index (χ4n) is 1.20. The SMILES string of the molecule is Nc1ccc(N=Nc2ccc(F)c(Cl)c2)cc1. The maximum absolute atomic E-state index is 12.9. The first kappa shape index (κ1) is 11.5. The van der Waals surface area contributed by atoms with Crippen LogP contribution in [0.15, 0.2) is 52.7 Å². The number of rotatable bonds is 2. The van der Waals surface area contributed by atoms with Gasteiger partial charge in [-0.1, -0.05) is 11.6 Å². The van der Waals surface area contributed by atoms with Crippen LogP contribution < -0.4 is 5.73 Å². The molecule has 0 heterocycles. The van der Waals surface area contributed by atoms with Gasteiger partial charge in [0, 0.05) is 5.69 Å². The minimum absolute atomic E-state index is 0.0266. The van der Waals surface area contributed by atoms with Crippen molar-refractivity contribution in [1.29, 1.82) is 0 Å². The van der Waals surface area contributed by atoms with Crippen molar-refractivity contribution in [2.24, 2.45) is 10.2 Å². The molecule has 2 N–H and O–H groups in total. The summed E-state index contributed by atoms with van der Waals surface area (Å²) in [6.45, 7) is 0. The van der Waals surface area contributed by atoms with Gasteiger partial charge >= 0.3 is 0 Å². The van der Waals surface area contributed by atoms with Crippen LogP contribution in [0.25, 0.3) is 0 Å². The summed E-state index contributed by atoms with van der Waals surface area (Å²) < 4.78 is 12.9. The fourth-order valence-corrected chi connectivity index (χ4v) is 1.38. The number of nitrogens with zero attached hydrogens (tertiary/aromatic N) is 2. The van der Waals surface area contributed by atoms with Gasteiger partial charge in [-0.3, -0.25) is 0 Å². The summed E-state index contributed by atoms with van der Waals surface area (Å²) >= 11 is 5.62. The second-order valence-corrected chi connectivity index (χ2v) is 3.80. The Morgan fingerprint density at radius 3 is 2.18 bits per heavy atom. The molecule has 17 heavy (non-hydrogen) atoms. The van der Waals surface area contributed by atoms with Crippen molar-refractivity contribution in [3.63, 3.8) is 0 Å². The molecule has 0 aliphatic rings. The zero-order chi connectivity index (χ0) is 12.3. The lowest BCUT2D eigenvalue weighted by Crippen LogP contribution is -1.80. The van der Waals surface area contributed by atoms with Crippen LogP contribution in [0.1, 0.15) is 0 Å². The Morgan fingerprint density at radius 2 is 1.53 bits per heavy atom. The van der Waals surface area contributed by atoms with E-state index in [0.29, 0.717) is 17.1 Å². The lowest BCUT2D eigenvalue weighted by Gasteiger charge is -1.96. The fraction of sp³-hybridized carbons (Fsp3) is 0. The van der Waals surface area contributed by atoms with Gasteiger partial charge in [0.2, 0.25) is 0 Å². The number of nitrogen functional groups attached to an aromatic ring is 1. The summed E-state index contributed by atoms with van der Waals surface area (Å²) in [7, 11) is 0. The van der Waals surface area contributed by atoms with Crippen molar-refractivity contribution in [2.75, 3.05) is 5.73 Å². The molecule has 0 radical (unpaired) electrons. The molecule has 0 bridgehead atoms. The lowest BCUT2D eigenvalue weighted by molar-refractivity contribution is 0.628. The predicted molar refractivity (Wildman–Crippen MR) is 66.4 cm³/mol. The number of anilines is 1. The molecule has 0 aliphatic carbocycles. The zero-order valence-corrected chi connectivity index (χ0v) is 9.53. The van der Waals surface area contributed by atoms with Crippen molar-refractivity contribution >= 4 is 28.7 Å². The highest BCUT2D eigenvalue weighted by Crippen LogP contribution is 2.23. The number of hydrogen-bond acceptors (Lipinski definition) is 3. The molecule has 86 valence electrons. The van der Waals surface area contributed by atoms with E-state index in [1.165, 1.54) is 18.2 Å². The average Bonchev–Trinajstić information content (AvgIpc) is 2.33. The zero-order valence-electron chi connectivity index (χ0n) is 8.77. The monoisotopic (exact) mass is 249 g/mol. The molecule has 0 unspecified atom stereocenters. The first-order valence-corrected chi connectivity index (χ1v) is 5.25. The van der Waals surface area contributed by atoms with Crippen LogP contribution in [-0.2, 0) is 0 Å². The van der Waals surface area contributed by atoms with Gasteiger partial charge in [0.05, 0.1) is 16.4 Å². The van der Waals surface area contributed by atoms with Crippen molar-refractivity contribution in [2.45, 2.75) is 0 Å². The van der Waals surface area contributed by atoms with Gasteiger partial charge in [-0.25, -0.2) is 4.39 Å². The molecular weight excluding hydrogens is 241 g/mol. The van der Waals surface area contributed by atoms with E-state index in [1.54, 1.807) is 24.3 Å². The molecule has 0 aromatic heterocycles. The first-order valence-electron chi connectivity index (χ1n) is 4.87. The second kappa shape index (κ2) is 4.93. The number of nitrogens with two attached hydrogens (primary N) is 1. The smallest absolute Gasteiger partial charge is 0.141 e. The molecule has 2 rings (SSSR count). The van der Waals surface area contributed by atoms with Crippen LogP contribution in [0.5, 0.6) is 0 Å². The summed E-state index contributed by atoms with van der Waals surface area (Å²) in [6, 6.07) is 11.1. The average molecular weight is 250 g/mol. The number of halogens is 2. The third-order valence-electron chi connectivity index (χ3n) is 2.08. The van der Waals surface area contributed by atoms with Gasteiger partial charge in [-0.05, 0) is 42.5 Å². The van der Waals surface area contributed by atoms with Crippen LogP contribution in [0, 0.1) is 5.82 Å². The summed E-state index contributed by atoms with van der Waals surface area (Å²) in [5.74, 6) is -0.474. The maximum atomic E-state index is 12.9. The summed E-state index contributed by atoms with van der Waals surface area (Å²) in [6.07, 6.45) is 0. The Labute approximate surface area is 103 Å². The largest absolute Gasteiger partial charge is 0.399 e. The molecule has 0 saturated heterocycles. The third kappa shape index (κ3) is 3.01. The van der Waals surface area contributed by atoms with Gasteiger partial charge in [-0.15, -0.1) is 0 Å². The topological polar surface area (TPSA) is 50.7 Å². The molecular formula is C12H9ClFN3. The first-order chi connectivity index (χ1) is 8.15. The van der Waals surface area contributed by atoms with Crippen molar-refractivity contribution in [3.05, 3.63) is 53.3 Å². The molecule has 0 fully saturated rings. The van der Waals surface area contributed by atoms with E-state index in [9.17, 15) is 4.39 Å². The van der Waals surface area contributed by atoms with Gasteiger partial charge < -0.3 is 5.73 Å². The van der Waals surface area contributed by atoms with E-state index in [-0.39, 0.29) is 5.02 Å². The third-order valence-corrected chi connectivity index (χ3v) is 2.37. The van der Waals surface area contributed by atoms with E-state index in [1.807, 2.05) is 0 Å². The van der Waals surface area contributed by atoms with Gasteiger partial charge in [0.1, 0.15) is 5.82 Å². The van der Waals surface area contributed by atoms with E-state index in [4.69, 9.17) is 17.3 Å². The number of benzene rings is 2. The molecule has 2 aromatic rings. The molecule has 0 saturated carbocycles. The molecule has 0 aliphatic heterocycles. The van der Waals surface area contributed by atoms with Crippen LogP contribution in [0.2, 0.25) is 5.02 Å². The minimum Gasteiger partial charge on any atom is -0.399 e. The van der Waals surface area contributed by atoms with E-state index < -0.39 is 5.82 Å². The molecule has 0 amide bonds. The Hall–Kier alpha value is -1.94. The van der Waals surface area contributed by atoms with Crippen LogP contribution in [0.4, 0.5) is 21.5 Å². The normalized spacial score (nSPS) is 10.9. The van der Waals surface area contributed by atoms with E-state index in [0.717, 1.165) is 0 Å². The van der Waals surface area contributed by atoms with Crippen LogP contribution in [0.3, 0.4) is 0 Å². The van der Waals surface area contributed by atoms with E-state index >= 15 is 0 Å². The summed E-state index contributed by atoms with van der Waals surface area (Å²) in [4.78, 5) is 0. The highest BCUT2D eigenvalue weighted by Gasteiger charge is 1.99. The Kier molecular flexibility index (Phi) is 3.35. The minimum atomic E-state index is -0.474. The van der Waals surface area contributed by atoms with E-state index in [2.05, 4.69) is 10.2 Å². The molecule has 3 nitrogen and oxygen atoms in total. The predicted octanol–water partition coefficient (Wildman–Crippen LogP) is 4.48. The second-order valence-electron chi connectivity index (χ2n) is 3.39. The molecule has 0 spiro atoms. The Balaban J connectivity index is 2.20. The van der Waals surface area contributed by atoms with Gasteiger partial charge in [0.15, 0.2) is 0 Å². The standard InChI is InChI=1S/C12H9ClFN3/c13-11-7-10(5-6-12(11)14)17-16-9-3-1-8(15)2-4-9/h1-7H,15H2.